The van der Waals surface area contributed by atoms with E-state index in [0.29, 0.717) is 29.1 Å². The van der Waals surface area contributed by atoms with Gasteiger partial charge in [0.25, 0.3) is 5.92 Å². The molecule has 1 aromatic heterocycles. The standard InChI is InChI=1S/C27H40F2N2O2/c1-24(33)11-12-25(2)17(13-24)5-6-19-20-7-8-22(26(20,3)10-9-21(19)25)23(32)16-31-15-18(14-30-31)27(4,28)29/h14-15,17,19-22,33H,5-13,16H2,1-4H3/t17-,19+,20+,21+,22-,24-,25+,26+/m1/s1. The third kappa shape index (κ3) is 3.79. The zero-order valence-corrected chi connectivity index (χ0v) is 20.6. The van der Waals surface area contributed by atoms with Crippen LogP contribution in [0.4, 0.5) is 8.78 Å². The van der Waals surface area contributed by atoms with Gasteiger partial charge in [-0.2, -0.15) is 5.10 Å². The third-order valence-corrected chi connectivity index (χ3v) is 10.8. The first kappa shape index (κ1) is 23.4. The fraction of sp³-hybridized carbons (Fsp3) is 0.852. The van der Waals surface area contributed by atoms with Crippen LogP contribution in [0.2, 0.25) is 0 Å². The highest BCUT2D eigenvalue weighted by Crippen LogP contribution is 2.68. The molecule has 4 aliphatic rings. The van der Waals surface area contributed by atoms with Crippen molar-refractivity contribution in [1.29, 1.82) is 0 Å². The lowest BCUT2D eigenvalue weighted by atomic mass is 9.44. The molecule has 0 saturated heterocycles. The number of aliphatic hydroxyl groups is 1. The highest BCUT2D eigenvalue weighted by atomic mass is 19.3. The summed E-state index contributed by atoms with van der Waals surface area (Å²) < 4.78 is 28.6. The summed E-state index contributed by atoms with van der Waals surface area (Å²) in [6, 6.07) is 0. The number of fused-ring (bicyclic) bond motifs is 5. The van der Waals surface area contributed by atoms with Gasteiger partial charge in [-0.1, -0.05) is 13.8 Å². The molecule has 33 heavy (non-hydrogen) atoms. The van der Waals surface area contributed by atoms with Crippen molar-refractivity contribution in [3.63, 3.8) is 0 Å². The maximum atomic E-state index is 13.6. The second kappa shape index (κ2) is 7.60. The summed E-state index contributed by atoms with van der Waals surface area (Å²) in [5.41, 5.74) is -0.334. The quantitative estimate of drug-likeness (QED) is 0.599. The summed E-state index contributed by atoms with van der Waals surface area (Å²) in [4.78, 5) is 13.4. The van der Waals surface area contributed by atoms with Crippen LogP contribution < -0.4 is 0 Å². The number of alkyl halides is 2. The Hall–Kier alpha value is -1.30. The maximum absolute atomic E-state index is 13.6. The smallest absolute Gasteiger partial charge is 0.273 e. The lowest BCUT2D eigenvalue weighted by molar-refractivity contribution is -0.151. The second-order valence-electron chi connectivity index (χ2n) is 12.8. The van der Waals surface area contributed by atoms with Crippen molar-refractivity contribution in [1.82, 2.24) is 9.78 Å². The van der Waals surface area contributed by atoms with Crippen LogP contribution in [0, 0.1) is 40.4 Å². The van der Waals surface area contributed by atoms with Gasteiger partial charge >= 0.3 is 0 Å². The van der Waals surface area contributed by atoms with E-state index >= 15 is 0 Å². The molecule has 4 saturated carbocycles. The van der Waals surface area contributed by atoms with Crippen LogP contribution in [0.5, 0.6) is 0 Å². The van der Waals surface area contributed by atoms with E-state index < -0.39 is 11.5 Å². The van der Waals surface area contributed by atoms with Gasteiger partial charge in [0.1, 0.15) is 0 Å². The van der Waals surface area contributed by atoms with Gasteiger partial charge in [0, 0.05) is 19.0 Å². The second-order valence-corrected chi connectivity index (χ2v) is 12.8. The lowest BCUT2D eigenvalue weighted by Gasteiger charge is -2.61. The van der Waals surface area contributed by atoms with Crippen LogP contribution in [0.25, 0.3) is 0 Å². The Kier molecular flexibility index (Phi) is 5.40. The molecule has 0 spiro atoms. The summed E-state index contributed by atoms with van der Waals surface area (Å²) in [6.45, 7) is 7.78. The fourth-order valence-electron chi connectivity index (χ4n) is 8.91. The minimum atomic E-state index is -2.94. The molecule has 4 fully saturated rings. The van der Waals surface area contributed by atoms with Crippen molar-refractivity contribution < 1.29 is 18.7 Å². The van der Waals surface area contributed by atoms with Gasteiger partial charge < -0.3 is 5.11 Å². The number of ketones is 1. The molecule has 0 bridgehead atoms. The molecule has 0 radical (unpaired) electrons. The molecule has 4 nitrogen and oxygen atoms in total. The Labute approximate surface area is 196 Å². The highest BCUT2D eigenvalue weighted by Gasteiger charge is 2.61. The zero-order chi connectivity index (χ0) is 23.8. The van der Waals surface area contributed by atoms with E-state index in [-0.39, 0.29) is 29.2 Å². The molecular weight excluding hydrogens is 422 g/mol. The predicted molar refractivity (Wildman–Crippen MR) is 123 cm³/mol. The molecule has 0 amide bonds. The molecular formula is C27H40F2N2O2. The maximum Gasteiger partial charge on any atom is 0.273 e. The van der Waals surface area contributed by atoms with E-state index in [1.807, 2.05) is 6.92 Å². The van der Waals surface area contributed by atoms with Crippen LogP contribution in [-0.4, -0.2) is 26.3 Å². The normalized spacial score (nSPS) is 45.2. The SMILES string of the molecule is CC(F)(F)c1cnn(CC(=O)[C@H]2CC[C@H]3[C@@H]4CC[C@@H]5C[C@](C)(O)CC[C@]5(C)[C@H]4CC[C@]23C)c1. The average molecular weight is 463 g/mol. The first-order valence-electron chi connectivity index (χ1n) is 13.0. The van der Waals surface area contributed by atoms with Crippen molar-refractivity contribution in [2.45, 2.75) is 104 Å². The summed E-state index contributed by atoms with van der Waals surface area (Å²) >= 11 is 0. The van der Waals surface area contributed by atoms with Gasteiger partial charge in [0.05, 0.1) is 23.9 Å². The Morgan fingerprint density at radius 2 is 1.82 bits per heavy atom. The number of aromatic nitrogens is 2. The number of carbonyl (C=O) groups excluding carboxylic acids is 1. The fourth-order valence-corrected chi connectivity index (χ4v) is 8.91. The number of Topliss-reactive ketones (excluding diaryl/α,β-unsaturated/α-hetero) is 1. The van der Waals surface area contributed by atoms with Crippen LogP contribution in [0.15, 0.2) is 12.4 Å². The Bertz CT molecular complexity index is 921. The van der Waals surface area contributed by atoms with Gasteiger partial charge in [-0.3, -0.25) is 9.48 Å². The monoisotopic (exact) mass is 462 g/mol. The van der Waals surface area contributed by atoms with Crippen LogP contribution in [0.1, 0.15) is 91.0 Å². The van der Waals surface area contributed by atoms with Crippen LogP contribution >= 0.6 is 0 Å². The van der Waals surface area contributed by atoms with E-state index in [4.69, 9.17) is 0 Å². The molecule has 1 heterocycles. The van der Waals surface area contributed by atoms with E-state index in [9.17, 15) is 18.7 Å². The topological polar surface area (TPSA) is 55.1 Å². The largest absolute Gasteiger partial charge is 0.390 e. The molecule has 5 rings (SSSR count). The lowest BCUT2D eigenvalue weighted by Crippen LogP contribution is -2.55. The first-order chi connectivity index (χ1) is 15.3. The number of rotatable bonds is 4. The molecule has 184 valence electrons. The molecule has 0 aliphatic heterocycles. The summed E-state index contributed by atoms with van der Waals surface area (Å²) in [5, 5.41) is 14.7. The number of nitrogens with zero attached hydrogens (tertiary/aromatic N) is 2. The first-order valence-corrected chi connectivity index (χ1v) is 13.0. The molecule has 1 N–H and O–H groups in total. The predicted octanol–water partition coefficient (Wildman–Crippen LogP) is 5.97. The van der Waals surface area contributed by atoms with Crippen molar-refractivity contribution >= 4 is 5.78 Å². The van der Waals surface area contributed by atoms with Gasteiger partial charge in [-0.15, -0.1) is 0 Å². The highest BCUT2D eigenvalue weighted by molar-refractivity contribution is 5.82. The van der Waals surface area contributed by atoms with Gasteiger partial charge in [-0.25, -0.2) is 8.78 Å². The number of hydrogen-bond donors (Lipinski definition) is 1. The molecule has 4 aliphatic carbocycles. The van der Waals surface area contributed by atoms with Crippen LogP contribution in [0.3, 0.4) is 0 Å². The zero-order valence-electron chi connectivity index (χ0n) is 20.6. The Balaban J connectivity index is 1.31. The van der Waals surface area contributed by atoms with E-state index in [2.05, 4.69) is 18.9 Å². The van der Waals surface area contributed by atoms with Gasteiger partial charge in [0.2, 0.25) is 0 Å². The Morgan fingerprint density at radius 3 is 2.52 bits per heavy atom. The molecule has 0 unspecified atom stereocenters. The van der Waals surface area contributed by atoms with E-state index in [0.717, 1.165) is 45.4 Å². The van der Waals surface area contributed by atoms with E-state index in [1.54, 1.807) is 0 Å². The number of halogens is 2. The molecule has 0 aromatic carbocycles. The number of carbonyl (C=O) groups is 1. The minimum Gasteiger partial charge on any atom is -0.390 e. The average Bonchev–Trinajstić information content (AvgIpc) is 3.32. The Morgan fingerprint density at radius 1 is 1.09 bits per heavy atom. The van der Waals surface area contributed by atoms with Crippen LogP contribution in [-0.2, 0) is 17.3 Å². The van der Waals surface area contributed by atoms with Gasteiger partial charge in [0.15, 0.2) is 5.78 Å². The van der Waals surface area contributed by atoms with Gasteiger partial charge in [-0.05, 0) is 99.2 Å². The number of hydrogen-bond acceptors (Lipinski definition) is 3. The van der Waals surface area contributed by atoms with Crippen molar-refractivity contribution in [3.05, 3.63) is 18.0 Å². The van der Waals surface area contributed by atoms with Crippen molar-refractivity contribution in [2.75, 3.05) is 0 Å². The van der Waals surface area contributed by atoms with E-state index in [1.165, 1.54) is 36.3 Å². The molecule has 6 heteroatoms. The molecule has 8 atom stereocenters. The van der Waals surface area contributed by atoms with Crippen molar-refractivity contribution in [2.24, 2.45) is 40.4 Å². The third-order valence-electron chi connectivity index (χ3n) is 10.8. The summed E-state index contributed by atoms with van der Waals surface area (Å²) in [6.07, 6.45) is 12.1. The summed E-state index contributed by atoms with van der Waals surface area (Å²) in [7, 11) is 0. The van der Waals surface area contributed by atoms with Crippen molar-refractivity contribution in [3.8, 4) is 0 Å². The summed E-state index contributed by atoms with van der Waals surface area (Å²) in [5.74, 6) is -0.251. The molecule has 1 aromatic rings. The minimum absolute atomic E-state index is 0.00384.